The maximum atomic E-state index is 12.4. The fourth-order valence-electron chi connectivity index (χ4n) is 2.83. The van der Waals surface area contributed by atoms with Gasteiger partial charge in [-0.25, -0.2) is 4.79 Å². The number of fused-ring (bicyclic) bond motifs is 1. The molecule has 3 rings (SSSR count). The van der Waals surface area contributed by atoms with Gasteiger partial charge in [0.15, 0.2) is 0 Å². The molecule has 1 N–H and O–H groups in total. The van der Waals surface area contributed by atoms with Crippen LogP contribution in [0.15, 0.2) is 36.8 Å². The maximum Gasteiger partial charge on any atom is 0.337 e. The summed E-state index contributed by atoms with van der Waals surface area (Å²) < 4.78 is 0. The summed E-state index contributed by atoms with van der Waals surface area (Å²) in [4.78, 5) is 33.5. The molecule has 1 amide bonds. The van der Waals surface area contributed by atoms with Gasteiger partial charge in [0, 0.05) is 43.8 Å². The normalized spacial score (nSPS) is 13.5. The van der Waals surface area contributed by atoms with E-state index < -0.39 is 5.97 Å². The van der Waals surface area contributed by atoms with Gasteiger partial charge in [0.25, 0.3) is 0 Å². The van der Waals surface area contributed by atoms with Gasteiger partial charge < -0.3 is 10.0 Å². The lowest BCUT2D eigenvalue weighted by atomic mass is 9.97. The first-order valence-electron chi connectivity index (χ1n) is 7.52. The van der Waals surface area contributed by atoms with Crippen molar-refractivity contribution in [2.45, 2.75) is 25.8 Å². The fraction of sp³-hybridized carbons (Fsp3) is 0.294. The second kappa shape index (κ2) is 6.56. The van der Waals surface area contributed by atoms with Gasteiger partial charge in [0.2, 0.25) is 5.91 Å². The summed E-state index contributed by atoms with van der Waals surface area (Å²) in [6.07, 6.45) is 6.30. The van der Waals surface area contributed by atoms with Crippen LogP contribution in [0.3, 0.4) is 0 Å². The molecule has 0 aliphatic carbocycles. The average Bonchev–Trinajstić information content (AvgIpc) is 2.59. The zero-order chi connectivity index (χ0) is 16.2. The van der Waals surface area contributed by atoms with Crippen molar-refractivity contribution in [2.24, 2.45) is 0 Å². The Kier molecular flexibility index (Phi) is 4.32. The second-order valence-corrected chi connectivity index (χ2v) is 5.52. The van der Waals surface area contributed by atoms with Crippen LogP contribution in [-0.4, -0.2) is 38.4 Å². The quantitative estimate of drug-likeness (QED) is 0.929. The van der Waals surface area contributed by atoms with E-state index in [0.29, 0.717) is 32.4 Å². The predicted octanol–water partition coefficient (Wildman–Crippen LogP) is 1.69. The number of nitrogens with zero attached hydrogens (tertiary/aromatic N) is 3. The van der Waals surface area contributed by atoms with Crippen LogP contribution in [0.4, 0.5) is 0 Å². The van der Waals surface area contributed by atoms with Gasteiger partial charge >= 0.3 is 5.97 Å². The molecule has 3 heterocycles. The molecule has 0 unspecified atom stereocenters. The van der Waals surface area contributed by atoms with Crippen LogP contribution < -0.4 is 0 Å². The summed E-state index contributed by atoms with van der Waals surface area (Å²) in [7, 11) is 0. The standard InChI is InChI=1S/C17H17N3O3/c21-16(5-4-13-3-1-2-7-19-13)20-8-6-14-12(11-20)9-18-10-15(14)17(22)23/h1-3,7,9-10H,4-6,8,11H2,(H,22,23). The molecule has 6 nitrogen and oxygen atoms in total. The van der Waals surface area contributed by atoms with Gasteiger partial charge in [-0.3, -0.25) is 14.8 Å². The number of carboxylic acid groups (broad SMARTS) is 1. The Morgan fingerprint density at radius 1 is 1.26 bits per heavy atom. The molecule has 118 valence electrons. The molecule has 1 aliphatic heterocycles. The van der Waals surface area contributed by atoms with Crippen LogP contribution in [-0.2, 0) is 24.2 Å². The Morgan fingerprint density at radius 3 is 2.87 bits per heavy atom. The lowest BCUT2D eigenvalue weighted by molar-refractivity contribution is -0.132. The third-order valence-corrected chi connectivity index (χ3v) is 4.04. The van der Waals surface area contributed by atoms with Crippen molar-refractivity contribution in [3.05, 3.63) is 59.2 Å². The van der Waals surface area contributed by atoms with E-state index in [2.05, 4.69) is 9.97 Å². The Balaban J connectivity index is 1.66. The number of pyridine rings is 2. The number of aromatic carboxylic acids is 1. The third-order valence-electron chi connectivity index (χ3n) is 4.04. The van der Waals surface area contributed by atoms with Gasteiger partial charge in [-0.05, 0) is 36.1 Å². The summed E-state index contributed by atoms with van der Waals surface area (Å²) in [6, 6.07) is 5.66. The number of carboxylic acids is 1. The molecule has 23 heavy (non-hydrogen) atoms. The highest BCUT2D eigenvalue weighted by atomic mass is 16.4. The molecule has 2 aromatic heterocycles. The maximum absolute atomic E-state index is 12.4. The first-order chi connectivity index (χ1) is 11.1. The van der Waals surface area contributed by atoms with Crippen LogP contribution in [0.25, 0.3) is 0 Å². The van der Waals surface area contributed by atoms with E-state index in [4.69, 9.17) is 0 Å². The van der Waals surface area contributed by atoms with E-state index >= 15 is 0 Å². The zero-order valence-electron chi connectivity index (χ0n) is 12.6. The number of hydrogen-bond acceptors (Lipinski definition) is 4. The van der Waals surface area contributed by atoms with Gasteiger partial charge in [-0.1, -0.05) is 6.07 Å². The van der Waals surface area contributed by atoms with Crippen molar-refractivity contribution in [2.75, 3.05) is 6.54 Å². The van der Waals surface area contributed by atoms with Crippen LogP contribution in [0, 0.1) is 0 Å². The van der Waals surface area contributed by atoms with Gasteiger partial charge in [0.05, 0.1) is 5.56 Å². The fourth-order valence-corrected chi connectivity index (χ4v) is 2.83. The highest BCUT2D eigenvalue weighted by Crippen LogP contribution is 2.22. The van der Waals surface area contributed by atoms with Crippen molar-refractivity contribution in [1.29, 1.82) is 0 Å². The van der Waals surface area contributed by atoms with E-state index in [0.717, 1.165) is 16.8 Å². The largest absolute Gasteiger partial charge is 0.478 e. The molecule has 0 bridgehead atoms. The first-order valence-corrected chi connectivity index (χ1v) is 7.52. The minimum absolute atomic E-state index is 0.0574. The second-order valence-electron chi connectivity index (χ2n) is 5.52. The third kappa shape index (κ3) is 3.36. The van der Waals surface area contributed by atoms with E-state index in [1.807, 2.05) is 18.2 Å². The summed E-state index contributed by atoms with van der Waals surface area (Å²) in [5.41, 5.74) is 2.75. The van der Waals surface area contributed by atoms with Crippen LogP contribution in [0.1, 0.15) is 33.6 Å². The number of amides is 1. The molecular weight excluding hydrogens is 294 g/mol. The Bertz CT molecular complexity index is 731. The van der Waals surface area contributed by atoms with Crippen molar-refractivity contribution >= 4 is 11.9 Å². The van der Waals surface area contributed by atoms with Crippen LogP contribution in [0.2, 0.25) is 0 Å². The van der Waals surface area contributed by atoms with E-state index in [-0.39, 0.29) is 11.5 Å². The minimum atomic E-state index is -0.968. The van der Waals surface area contributed by atoms with Gasteiger partial charge in [0.1, 0.15) is 0 Å². The monoisotopic (exact) mass is 311 g/mol. The SMILES string of the molecule is O=C(O)c1cncc2c1CCN(C(=O)CCc1ccccn1)C2. The molecular formula is C17H17N3O3. The Morgan fingerprint density at radius 2 is 2.13 bits per heavy atom. The topological polar surface area (TPSA) is 83.4 Å². The van der Waals surface area contributed by atoms with Gasteiger partial charge in [-0.2, -0.15) is 0 Å². The summed E-state index contributed by atoms with van der Waals surface area (Å²) >= 11 is 0. The summed E-state index contributed by atoms with van der Waals surface area (Å²) in [5, 5.41) is 9.20. The highest BCUT2D eigenvalue weighted by molar-refractivity contribution is 5.89. The molecule has 0 radical (unpaired) electrons. The van der Waals surface area contributed by atoms with Crippen LogP contribution >= 0.6 is 0 Å². The zero-order valence-corrected chi connectivity index (χ0v) is 12.6. The molecule has 6 heteroatoms. The average molecular weight is 311 g/mol. The van der Waals surface area contributed by atoms with E-state index in [1.165, 1.54) is 6.20 Å². The Labute approximate surface area is 133 Å². The molecule has 0 saturated heterocycles. The lowest BCUT2D eigenvalue weighted by Gasteiger charge is -2.29. The van der Waals surface area contributed by atoms with E-state index in [1.54, 1.807) is 17.3 Å². The highest BCUT2D eigenvalue weighted by Gasteiger charge is 2.24. The van der Waals surface area contributed by atoms with Crippen molar-refractivity contribution < 1.29 is 14.7 Å². The molecule has 2 aromatic rings. The number of aryl methyl sites for hydroxylation is 1. The number of aromatic nitrogens is 2. The minimum Gasteiger partial charge on any atom is -0.478 e. The van der Waals surface area contributed by atoms with Crippen molar-refractivity contribution in [3.8, 4) is 0 Å². The lowest BCUT2D eigenvalue weighted by Crippen LogP contribution is -2.36. The molecule has 1 aliphatic rings. The molecule has 0 saturated carbocycles. The molecule has 0 spiro atoms. The molecule has 0 atom stereocenters. The number of carbonyl (C=O) groups excluding carboxylic acids is 1. The Hall–Kier alpha value is -2.76. The van der Waals surface area contributed by atoms with E-state index in [9.17, 15) is 14.7 Å². The van der Waals surface area contributed by atoms with Crippen molar-refractivity contribution in [3.63, 3.8) is 0 Å². The molecule has 0 fully saturated rings. The first kappa shape index (κ1) is 15.1. The number of rotatable bonds is 4. The van der Waals surface area contributed by atoms with Gasteiger partial charge in [-0.15, -0.1) is 0 Å². The predicted molar refractivity (Wildman–Crippen MR) is 82.9 cm³/mol. The number of carbonyl (C=O) groups is 2. The summed E-state index contributed by atoms with van der Waals surface area (Å²) in [5.74, 6) is -0.911. The van der Waals surface area contributed by atoms with Crippen molar-refractivity contribution in [1.82, 2.24) is 14.9 Å². The number of hydrogen-bond donors (Lipinski definition) is 1. The summed E-state index contributed by atoms with van der Waals surface area (Å²) in [6.45, 7) is 0.961. The molecule has 0 aromatic carbocycles. The van der Waals surface area contributed by atoms with Crippen LogP contribution in [0.5, 0.6) is 0 Å². The smallest absolute Gasteiger partial charge is 0.337 e.